The van der Waals surface area contributed by atoms with E-state index in [0.29, 0.717) is 12.1 Å². The fourth-order valence-electron chi connectivity index (χ4n) is 1.90. The minimum atomic E-state index is -0.0633. The molecule has 120 valence electrons. The number of carbonyl (C=O) groups excluding carboxylic acids is 2. The summed E-state index contributed by atoms with van der Waals surface area (Å²) in [5, 5.41) is 5.79. The molecule has 0 spiro atoms. The van der Waals surface area contributed by atoms with Gasteiger partial charge in [-0.1, -0.05) is 32.1 Å². The van der Waals surface area contributed by atoms with Crippen LogP contribution < -0.4 is 10.6 Å². The van der Waals surface area contributed by atoms with E-state index in [2.05, 4.69) is 10.6 Å². The molecule has 0 aromatic heterocycles. The Labute approximate surface area is 133 Å². The summed E-state index contributed by atoms with van der Waals surface area (Å²) in [6, 6.07) is 7.47. The van der Waals surface area contributed by atoms with Gasteiger partial charge in [-0.15, -0.1) is 0 Å². The van der Waals surface area contributed by atoms with E-state index in [1.165, 1.54) is 0 Å². The Balaban J connectivity index is 2.57. The Kier molecular flexibility index (Phi) is 7.37. The van der Waals surface area contributed by atoms with Gasteiger partial charge >= 0.3 is 0 Å². The van der Waals surface area contributed by atoms with Crippen molar-refractivity contribution in [2.75, 3.05) is 0 Å². The van der Waals surface area contributed by atoms with E-state index >= 15 is 0 Å². The average Bonchev–Trinajstić information content (AvgIpc) is 2.53. The van der Waals surface area contributed by atoms with Gasteiger partial charge in [0.15, 0.2) is 0 Å². The molecule has 0 aliphatic carbocycles. The molecule has 0 saturated heterocycles. The minimum Gasteiger partial charge on any atom is -0.350 e. The monoisotopic (exact) mass is 302 g/mol. The SMILES string of the molecule is CC/C=C(/C)C(=O)NCc1ccc(C(=O)N[C@H](C)CC)cc1. The van der Waals surface area contributed by atoms with Gasteiger partial charge in [0.1, 0.15) is 0 Å². The number of benzene rings is 1. The van der Waals surface area contributed by atoms with E-state index < -0.39 is 0 Å². The molecule has 1 aromatic rings. The van der Waals surface area contributed by atoms with Crippen LogP contribution in [0.25, 0.3) is 0 Å². The lowest BCUT2D eigenvalue weighted by atomic mass is 10.1. The maximum atomic E-state index is 12.0. The van der Waals surface area contributed by atoms with Crippen LogP contribution in [0.15, 0.2) is 35.9 Å². The van der Waals surface area contributed by atoms with E-state index in [1.54, 1.807) is 19.1 Å². The van der Waals surface area contributed by atoms with E-state index in [-0.39, 0.29) is 17.9 Å². The van der Waals surface area contributed by atoms with Gasteiger partial charge < -0.3 is 10.6 Å². The van der Waals surface area contributed by atoms with Crippen LogP contribution >= 0.6 is 0 Å². The molecule has 4 nitrogen and oxygen atoms in total. The number of allylic oxidation sites excluding steroid dienone is 1. The molecule has 0 fully saturated rings. The number of nitrogens with one attached hydrogen (secondary N) is 2. The molecule has 0 heterocycles. The van der Waals surface area contributed by atoms with Crippen molar-refractivity contribution >= 4 is 11.8 Å². The van der Waals surface area contributed by atoms with Crippen molar-refractivity contribution in [2.24, 2.45) is 0 Å². The van der Waals surface area contributed by atoms with Crippen LogP contribution in [0.2, 0.25) is 0 Å². The standard InChI is InChI=1S/C18H26N2O2/c1-5-7-13(3)17(21)19-12-15-8-10-16(11-9-15)18(22)20-14(4)6-2/h7-11,14H,5-6,12H2,1-4H3,(H,19,21)(H,20,22)/b13-7-/t14-/m1/s1. The molecule has 4 heteroatoms. The van der Waals surface area contributed by atoms with Crippen molar-refractivity contribution in [3.63, 3.8) is 0 Å². The minimum absolute atomic E-state index is 0.0551. The molecule has 1 atom stereocenters. The lowest BCUT2D eigenvalue weighted by Gasteiger charge is -2.11. The third kappa shape index (κ3) is 5.72. The number of carbonyl (C=O) groups is 2. The predicted octanol–water partition coefficient (Wildman–Crippen LogP) is 3.19. The number of hydrogen-bond acceptors (Lipinski definition) is 2. The molecule has 0 bridgehead atoms. The molecular weight excluding hydrogens is 276 g/mol. The summed E-state index contributed by atoms with van der Waals surface area (Å²) in [6.07, 6.45) is 3.65. The topological polar surface area (TPSA) is 58.2 Å². The van der Waals surface area contributed by atoms with Crippen LogP contribution in [0.1, 0.15) is 56.5 Å². The second-order valence-corrected chi connectivity index (χ2v) is 5.46. The van der Waals surface area contributed by atoms with Gasteiger partial charge in [0.25, 0.3) is 5.91 Å². The third-order valence-corrected chi connectivity index (χ3v) is 3.53. The van der Waals surface area contributed by atoms with Crippen molar-refractivity contribution in [3.8, 4) is 0 Å². The van der Waals surface area contributed by atoms with E-state index in [0.717, 1.165) is 24.0 Å². The largest absolute Gasteiger partial charge is 0.350 e. The lowest BCUT2D eigenvalue weighted by molar-refractivity contribution is -0.117. The van der Waals surface area contributed by atoms with Crippen LogP contribution in [0.5, 0.6) is 0 Å². The average molecular weight is 302 g/mol. The van der Waals surface area contributed by atoms with Crippen LogP contribution in [-0.2, 0) is 11.3 Å². The summed E-state index contributed by atoms with van der Waals surface area (Å²) in [7, 11) is 0. The van der Waals surface area contributed by atoms with Crippen LogP contribution in [0, 0.1) is 0 Å². The molecule has 0 unspecified atom stereocenters. The molecule has 0 radical (unpaired) electrons. The van der Waals surface area contributed by atoms with E-state index in [1.807, 2.05) is 39.0 Å². The number of amides is 2. The Morgan fingerprint density at radius 1 is 1.18 bits per heavy atom. The Bertz CT molecular complexity index is 533. The smallest absolute Gasteiger partial charge is 0.251 e. The normalized spacial score (nSPS) is 12.6. The molecule has 0 aliphatic rings. The highest BCUT2D eigenvalue weighted by Crippen LogP contribution is 2.06. The van der Waals surface area contributed by atoms with Crippen molar-refractivity contribution in [2.45, 2.75) is 53.1 Å². The summed E-state index contributed by atoms with van der Waals surface area (Å²) in [5.41, 5.74) is 2.34. The molecule has 2 N–H and O–H groups in total. The zero-order chi connectivity index (χ0) is 16.5. The zero-order valence-corrected chi connectivity index (χ0v) is 13.9. The maximum absolute atomic E-state index is 12.0. The second kappa shape index (κ2) is 9.03. The molecular formula is C18H26N2O2. The van der Waals surface area contributed by atoms with Crippen molar-refractivity contribution in [1.82, 2.24) is 10.6 Å². The molecule has 2 amide bonds. The van der Waals surface area contributed by atoms with Gasteiger partial charge in [-0.3, -0.25) is 9.59 Å². The molecule has 1 rings (SSSR count). The third-order valence-electron chi connectivity index (χ3n) is 3.53. The fraction of sp³-hybridized carbons (Fsp3) is 0.444. The summed E-state index contributed by atoms with van der Waals surface area (Å²) >= 11 is 0. The van der Waals surface area contributed by atoms with Crippen molar-refractivity contribution in [1.29, 1.82) is 0 Å². The second-order valence-electron chi connectivity index (χ2n) is 5.46. The van der Waals surface area contributed by atoms with E-state index in [9.17, 15) is 9.59 Å². The first-order chi connectivity index (χ1) is 10.5. The predicted molar refractivity (Wildman–Crippen MR) is 89.6 cm³/mol. The lowest BCUT2D eigenvalue weighted by Crippen LogP contribution is -2.31. The Morgan fingerprint density at radius 3 is 2.36 bits per heavy atom. The first-order valence-corrected chi connectivity index (χ1v) is 7.82. The van der Waals surface area contributed by atoms with Gasteiger partial charge in [0.2, 0.25) is 5.91 Å². The van der Waals surface area contributed by atoms with Gasteiger partial charge in [0.05, 0.1) is 0 Å². The number of hydrogen-bond donors (Lipinski definition) is 2. The summed E-state index contributed by atoms with van der Waals surface area (Å²) in [4.78, 5) is 23.8. The van der Waals surface area contributed by atoms with Gasteiger partial charge in [-0.2, -0.15) is 0 Å². The quantitative estimate of drug-likeness (QED) is 0.760. The molecule has 1 aromatic carbocycles. The molecule has 0 aliphatic heterocycles. The summed E-state index contributed by atoms with van der Waals surface area (Å²) < 4.78 is 0. The summed E-state index contributed by atoms with van der Waals surface area (Å²) in [5.74, 6) is -0.118. The van der Waals surface area contributed by atoms with Gasteiger partial charge in [-0.25, -0.2) is 0 Å². The highest BCUT2D eigenvalue weighted by atomic mass is 16.2. The van der Waals surface area contributed by atoms with Crippen LogP contribution in [-0.4, -0.2) is 17.9 Å². The Hall–Kier alpha value is -2.10. The van der Waals surface area contributed by atoms with Gasteiger partial charge in [-0.05, 0) is 44.4 Å². The van der Waals surface area contributed by atoms with Crippen molar-refractivity contribution < 1.29 is 9.59 Å². The highest BCUT2D eigenvalue weighted by Gasteiger charge is 2.08. The van der Waals surface area contributed by atoms with Crippen LogP contribution in [0.4, 0.5) is 0 Å². The number of rotatable bonds is 7. The van der Waals surface area contributed by atoms with Crippen molar-refractivity contribution in [3.05, 3.63) is 47.0 Å². The molecule has 22 heavy (non-hydrogen) atoms. The Morgan fingerprint density at radius 2 is 1.82 bits per heavy atom. The first kappa shape index (κ1) is 18.0. The van der Waals surface area contributed by atoms with E-state index in [4.69, 9.17) is 0 Å². The zero-order valence-electron chi connectivity index (χ0n) is 13.9. The van der Waals surface area contributed by atoms with Gasteiger partial charge in [0, 0.05) is 23.7 Å². The maximum Gasteiger partial charge on any atom is 0.251 e. The first-order valence-electron chi connectivity index (χ1n) is 7.82. The van der Waals surface area contributed by atoms with Crippen LogP contribution in [0.3, 0.4) is 0 Å². The summed E-state index contributed by atoms with van der Waals surface area (Å²) in [6.45, 7) is 8.28. The molecule has 0 saturated carbocycles. The highest BCUT2D eigenvalue weighted by molar-refractivity contribution is 5.94. The fourth-order valence-corrected chi connectivity index (χ4v) is 1.90.